The molecule has 1 saturated heterocycles. The molecule has 0 spiro atoms. The van der Waals surface area contributed by atoms with Crippen molar-refractivity contribution in [3.63, 3.8) is 0 Å². The number of carbonyl (C=O) groups is 2. The van der Waals surface area contributed by atoms with Crippen LogP contribution in [-0.4, -0.2) is 52.0 Å². The summed E-state index contributed by atoms with van der Waals surface area (Å²) in [5.41, 5.74) is 4.16. The van der Waals surface area contributed by atoms with E-state index in [9.17, 15) is 9.59 Å². The number of methoxy groups -OCH3 is 1. The number of benzene rings is 2. The first-order chi connectivity index (χ1) is 14.4. The van der Waals surface area contributed by atoms with Crippen LogP contribution in [0.1, 0.15) is 33.2 Å². The van der Waals surface area contributed by atoms with Crippen molar-refractivity contribution in [1.82, 2.24) is 14.8 Å². The fraction of sp³-hybridized carbons (Fsp3) is 0.227. The Morgan fingerprint density at radius 3 is 2.80 bits per heavy atom. The van der Waals surface area contributed by atoms with Gasteiger partial charge in [0.25, 0.3) is 5.91 Å². The summed E-state index contributed by atoms with van der Waals surface area (Å²) < 4.78 is 4.89. The molecule has 5 rings (SSSR count). The number of rotatable bonds is 2. The lowest BCUT2D eigenvalue weighted by molar-refractivity contribution is -0.127. The second-order valence-corrected chi connectivity index (χ2v) is 8.34. The average molecular weight is 440 g/mol. The second-order valence-electron chi connectivity index (χ2n) is 7.54. The minimum Gasteiger partial charge on any atom is -0.465 e. The van der Waals surface area contributed by atoms with Crippen molar-refractivity contribution >= 4 is 51.7 Å². The minimum absolute atomic E-state index is 0.0313. The van der Waals surface area contributed by atoms with Gasteiger partial charge >= 0.3 is 5.97 Å². The van der Waals surface area contributed by atoms with Crippen molar-refractivity contribution in [2.75, 3.05) is 14.2 Å². The summed E-state index contributed by atoms with van der Waals surface area (Å²) in [5, 5.41) is 1.96. The number of carbonyl (C=O) groups excluding carboxylic acids is 2. The number of esters is 1. The molecule has 1 N–H and O–H groups in total. The monoisotopic (exact) mass is 439 g/mol. The largest absolute Gasteiger partial charge is 0.465 e. The van der Waals surface area contributed by atoms with Gasteiger partial charge in [0, 0.05) is 35.1 Å². The molecule has 3 aromatic rings. The number of ether oxygens (including phenoxy) is 1. The van der Waals surface area contributed by atoms with Gasteiger partial charge in [-0.15, -0.1) is 0 Å². The number of H-pyrrole nitrogens is 1. The maximum absolute atomic E-state index is 13.0. The summed E-state index contributed by atoms with van der Waals surface area (Å²) >= 11 is 12.0. The molecule has 30 heavy (non-hydrogen) atoms. The van der Waals surface area contributed by atoms with E-state index in [1.165, 1.54) is 12.0 Å². The van der Waals surface area contributed by atoms with Crippen molar-refractivity contribution in [1.29, 1.82) is 0 Å². The quantitative estimate of drug-likeness (QED) is 0.487. The zero-order valence-corrected chi connectivity index (χ0v) is 17.9. The van der Waals surface area contributed by atoms with Crippen LogP contribution >= 0.6 is 23.8 Å². The highest BCUT2D eigenvalue weighted by atomic mass is 35.5. The lowest BCUT2D eigenvalue weighted by Crippen LogP contribution is -2.44. The summed E-state index contributed by atoms with van der Waals surface area (Å²) in [4.78, 5) is 32.1. The van der Waals surface area contributed by atoms with Crippen LogP contribution in [0.15, 0.2) is 42.5 Å². The van der Waals surface area contributed by atoms with E-state index < -0.39 is 12.0 Å². The van der Waals surface area contributed by atoms with E-state index in [-0.39, 0.29) is 11.9 Å². The van der Waals surface area contributed by atoms with Gasteiger partial charge in [-0.05, 0) is 47.6 Å². The number of thiocarbonyl (C=S) groups is 1. The first-order valence-corrected chi connectivity index (χ1v) is 10.3. The fourth-order valence-electron chi connectivity index (χ4n) is 4.56. The highest BCUT2D eigenvalue weighted by Crippen LogP contribution is 2.44. The Hall–Kier alpha value is -2.90. The van der Waals surface area contributed by atoms with Crippen LogP contribution in [-0.2, 0) is 16.0 Å². The molecule has 1 fully saturated rings. The smallest absolute Gasteiger partial charge is 0.337 e. The van der Waals surface area contributed by atoms with E-state index in [1.807, 2.05) is 29.2 Å². The molecule has 0 saturated carbocycles. The number of amides is 1. The Balaban J connectivity index is 1.77. The SMILES string of the molecule is COC(=O)c1cc(Cl)cc([C@@H]2c3[nH]c4ccccc4c3C[C@H]3C(=O)N(C)C(=S)N23)c1. The Morgan fingerprint density at radius 2 is 2.03 bits per heavy atom. The number of aromatic amines is 1. The lowest BCUT2D eigenvalue weighted by atomic mass is 9.88. The molecule has 0 radical (unpaired) electrons. The average Bonchev–Trinajstić information content (AvgIpc) is 3.22. The molecule has 0 aliphatic carbocycles. The van der Waals surface area contributed by atoms with Crippen molar-refractivity contribution in [2.24, 2.45) is 0 Å². The number of hydrogen-bond acceptors (Lipinski definition) is 4. The zero-order chi connectivity index (χ0) is 21.2. The molecule has 3 heterocycles. The third-order valence-corrected chi connectivity index (χ3v) is 6.61. The van der Waals surface area contributed by atoms with Crippen LogP contribution in [0.2, 0.25) is 5.02 Å². The fourth-order valence-corrected chi connectivity index (χ4v) is 5.13. The molecule has 1 aromatic heterocycles. The van der Waals surface area contributed by atoms with Gasteiger partial charge in [-0.1, -0.05) is 29.8 Å². The molecule has 0 unspecified atom stereocenters. The van der Waals surface area contributed by atoms with Crippen LogP contribution in [0.4, 0.5) is 0 Å². The van der Waals surface area contributed by atoms with Gasteiger partial charge in [0.05, 0.1) is 18.7 Å². The molecule has 2 atom stereocenters. The number of halogens is 1. The third-order valence-electron chi connectivity index (χ3n) is 5.91. The molecule has 8 heteroatoms. The highest BCUT2D eigenvalue weighted by molar-refractivity contribution is 7.80. The predicted octanol–water partition coefficient (Wildman–Crippen LogP) is 3.68. The second kappa shape index (κ2) is 6.82. The Kier molecular flexibility index (Phi) is 4.34. The number of nitrogens with zero attached hydrogens (tertiary/aromatic N) is 2. The minimum atomic E-state index is -0.472. The summed E-state index contributed by atoms with van der Waals surface area (Å²) in [5.74, 6) is -0.503. The predicted molar refractivity (Wildman–Crippen MR) is 118 cm³/mol. The first-order valence-electron chi connectivity index (χ1n) is 9.49. The number of fused-ring (bicyclic) bond motifs is 4. The topological polar surface area (TPSA) is 65.6 Å². The summed E-state index contributed by atoms with van der Waals surface area (Å²) in [7, 11) is 3.03. The molecule has 152 valence electrons. The van der Waals surface area contributed by atoms with E-state index in [4.69, 9.17) is 28.6 Å². The number of nitrogens with one attached hydrogen (secondary N) is 1. The number of aromatic nitrogens is 1. The van der Waals surface area contributed by atoms with Crippen molar-refractivity contribution in [3.8, 4) is 0 Å². The van der Waals surface area contributed by atoms with Crippen LogP contribution in [0, 0.1) is 0 Å². The van der Waals surface area contributed by atoms with Gasteiger partial charge in [-0.2, -0.15) is 0 Å². The maximum atomic E-state index is 13.0. The summed E-state index contributed by atoms with van der Waals surface area (Å²) in [6.07, 6.45) is 0.559. The molecule has 1 amide bonds. The Morgan fingerprint density at radius 1 is 1.27 bits per heavy atom. The van der Waals surface area contributed by atoms with E-state index in [0.717, 1.165) is 27.7 Å². The van der Waals surface area contributed by atoms with E-state index in [0.29, 0.717) is 22.1 Å². The van der Waals surface area contributed by atoms with Crippen LogP contribution < -0.4 is 0 Å². The number of hydrogen-bond donors (Lipinski definition) is 1. The standard InChI is InChI=1S/C22H18ClN3O3S/c1-25-20(27)17-10-15-14-5-3-4-6-16(14)24-18(15)19(26(17)22(25)30)11-7-12(21(28)29-2)9-13(23)8-11/h3-9,17,19,24H,10H2,1-2H3/t17-,19+/m0/s1. The maximum Gasteiger partial charge on any atom is 0.337 e. The van der Waals surface area contributed by atoms with E-state index in [1.54, 1.807) is 19.2 Å². The molecular weight excluding hydrogens is 422 g/mol. The van der Waals surface area contributed by atoms with Gasteiger partial charge in [0.15, 0.2) is 5.11 Å². The third kappa shape index (κ3) is 2.66. The normalized spacial score (nSPS) is 20.5. The van der Waals surface area contributed by atoms with Crippen molar-refractivity contribution in [2.45, 2.75) is 18.5 Å². The van der Waals surface area contributed by atoms with Gasteiger partial charge in [-0.25, -0.2) is 4.79 Å². The van der Waals surface area contributed by atoms with Gasteiger partial charge in [0.1, 0.15) is 6.04 Å². The molecule has 0 bridgehead atoms. The van der Waals surface area contributed by atoms with Crippen LogP contribution in [0.5, 0.6) is 0 Å². The Bertz CT molecular complexity index is 1240. The highest BCUT2D eigenvalue weighted by Gasteiger charge is 2.49. The molecule has 2 aliphatic heterocycles. The molecule has 2 aromatic carbocycles. The van der Waals surface area contributed by atoms with Crippen molar-refractivity contribution < 1.29 is 14.3 Å². The van der Waals surface area contributed by atoms with Crippen molar-refractivity contribution in [3.05, 3.63) is 69.9 Å². The van der Waals surface area contributed by atoms with Gasteiger partial charge in [0.2, 0.25) is 0 Å². The van der Waals surface area contributed by atoms with E-state index >= 15 is 0 Å². The lowest BCUT2D eigenvalue weighted by Gasteiger charge is -2.37. The molecule has 6 nitrogen and oxygen atoms in total. The zero-order valence-electron chi connectivity index (χ0n) is 16.3. The summed E-state index contributed by atoms with van der Waals surface area (Å²) in [6, 6.07) is 12.4. The Labute approximate surface area is 183 Å². The first kappa shape index (κ1) is 19.1. The van der Waals surface area contributed by atoms with Crippen LogP contribution in [0.3, 0.4) is 0 Å². The van der Waals surface area contributed by atoms with Gasteiger partial charge in [-0.3, -0.25) is 9.69 Å². The summed E-state index contributed by atoms with van der Waals surface area (Å²) in [6.45, 7) is 0. The molecular formula is C22H18ClN3O3S. The number of likely N-dealkylation sites (N-methyl/N-ethyl adjacent to an activating group) is 1. The number of para-hydroxylation sites is 1. The molecule has 2 aliphatic rings. The van der Waals surface area contributed by atoms with Crippen LogP contribution in [0.25, 0.3) is 10.9 Å². The van der Waals surface area contributed by atoms with Gasteiger partial charge < -0.3 is 14.6 Å². The van der Waals surface area contributed by atoms with E-state index in [2.05, 4.69) is 11.1 Å².